The molecule has 2 nitrogen and oxygen atoms in total. The fourth-order valence-corrected chi connectivity index (χ4v) is 7.76. The number of benzene rings is 8. The monoisotopic (exact) mass is 716 g/mol. The normalized spacial score (nSPS) is 11.5. The maximum atomic E-state index is 4.07. The first-order chi connectivity index (χ1) is 27.7. The van der Waals surface area contributed by atoms with Gasteiger partial charge in [0.1, 0.15) is 0 Å². The number of hydrogen-bond acceptors (Lipinski definition) is 1. The predicted octanol–water partition coefficient (Wildman–Crippen LogP) is 15.1. The van der Waals surface area contributed by atoms with E-state index in [1.54, 1.807) is 0 Å². The molecule has 2 heteroatoms. The molecule has 0 spiro atoms. The van der Waals surface area contributed by atoms with Crippen molar-refractivity contribution in [3.05, 3.63) is 232 Å². The van der Waals surface area contributed by atoms with Crippen molar-refractivity contribution in [1.82, 2.24) is 4.57 Å². The van der Waals surface area contributed by atoms with Gasteiger partial charge in [-0.15, -0.1) is 0 Å². The zero-order valence-electron chi connectivity index (χ0n) is 31.1. The molecule has 0 unspecified atom stereocenters. The van der Waals surface area contributed by atoms with Crippen LogP contribution in [-0.2, 0) is 0 Å². The fourth-order valence-electron chi connectivity index (χ4n) is 7.76. The van der Waals surface area contributed by atoms with Crippen LogP contribution in [0.5, 0.6) is 0 Å². The van der Waals surface area contributed by atoms with Crippen molar-refractivity contribution in [3.8, 4) is 44.5 Å². The van der Waals surface area contributed by atoms with E-state index in [2.05, 4.69) is 223 Å². The Morgan fingerprint density at radius 1 is 0.375 bits per heavy atom. The summed E-state index contributed by atoms with van der Waals surface area (Å²) in [4.78, 5) is 2.33. The topological polar surface area (TPSA) is 8.17 Å². The average molecular weight is 717 g/mol. The average Bonchev–Trinajstić information content (AvgIpc) is 3.60. The standard InChI is InChI=1S/C54H40N2/c1-3-13-47(4-2)56-53-19-12-11-18-51(53)52-38-46(30-37-54(52)56)45-22-20-41(21-23-45)44-28-35-50(36-29-44)55(48-31-24-42(25-32-48)39-14-7-5-8-15-39)49-33-26-43(27-34-49)40-16-9-6-10-17-40/h3-38H,1-2H2/b47-13+. The van der Waals surface area contributed by atoms with E-state index in [1.807, 2.05) is 18.2 Å². The molecule has 1 aromatic heterocycles. The van der Waals surface area contributed by atoms with Gasteiger partial charge in [-0.05, 0) is 111 Å². The summed E-state index contributed by atoms with van der Waals surface area (Å²) in [5, 5.41) is 2.43. The van der Waals surface area contributed by atoms with Crippen LogP contribution in [0, 0.1) is 0 Å². The summed E-state index contributed by atoms with van der Waals surface area (Å²) in [5.74, 6) is 0. The summed E-state index contributed by atoms with van der Waals surface area (Å²) in [6.45, 7) is 8.00. The lowest BCUT2D eigenvalue weighted by molar-refractivity contribution is 1.24. The zero-order valence-corrected chi connectivity index (χ0v) is 31.1. The van der Waals surface area contributed by atoms with Gasteiger partial charge in [0.2, 0.25) is 0 Å². The van der Waals surface area contributed by atoms with Crippen LogP contribution in [0.1, 0.15) is 0 Å². The van der Waals surface area contributed by atoms with Crippen LogP contribution < -0.4 is 4.90 Å². The number of hydrogen-bond donors (Lipinski definition) is 0. The summed E-state index contributed by atoms with van der Waals surface area (Å²) in [6.07, 6.45) is 5.70. The molecule has 0 saturated heterocycles. The summed E-state index contributed by atoms with van der Waals surface area (Å²) in [6, 6.07) is 71.8. The van der Waals surface area contributed by atoms with Crippen molar-refractivity contribution in [1.29, 1.82) is 0 Å². The molecule has 0 atom stereocenters. The Bertz CT molecular complexity index is 2740. The Kier molecular flexibility index (Phi) is 9.29. The highest BCUT2D eigenvalue weighted by molar-refractivity contribution is 6.11. The first-order valence-corrected chi connectivity index (χ1v) is 19.0. The van der Waals surface area contributed by atoms with Crippen molar-refractivity contribution in [3.63, 3.8) is 0 Å². The highest BCUT2D eigenvalue weighted by atomic mass is 15.1. The van der Waals surface area contributed by atoms with Gasteiger partial charge in [0.05, 0.1) is 11.0 Å². The minimum atomic E-state index is 0.999. The summed E-state index contributed by atoms with van der Waals surface area (Å²) >= 11 is 0. The lowest BCUT2D eigenvalue weighted by Gasteiger charge is -2.26. The summed E-state index contributed by atoms with van der Waals surface area (Å²) in [5.41, 5.74) is 16.1. The highest BCUT2D eigenvalue weighted by Crippen LogP contribution is 2.39. The molecule has 266 valence electrons. The molecule has 8 aromatic carbocycles. The van der Waals surface area contributed by atoms with E-state index in [0.717, 1.165) is 33.8 Å². The van der Waals surface area contributed by atoms with Crippen molar-refractivity contribution < 1.29 is 0 Å². The first kappa shape index (κ1) is 34.4. The van der Waals surface area contributed by atoms with Crippen molar-refractivity contribution in [2.24, 2.45) is 0 Å². The largest absolute Gasteiger partial charge is 0.311 e. The van der Waals surface area contributed by atoms with Crippen molar-refractivity contribution in [2.45, 2.75) is 0 Å². The Morgan fingerprint density at radius 3 is 1.21 bits per heavy atom. The Hall–Kier alpha value is -7.42. The number of rotatable bonds is 10. The van der Waals surface area contributed by atoms with Gasteiger partial charge in [0.15, 0.2) is 0 Å². The molecule has 1 heterocycles. The molecule has 0 aliphatic heterocycles. The third-order valence-electron chi connectivity index (χ3n) is 10.6. The van der Waals surface area contributed by atoms with E-state index >= 15 is 0 Å². The number of nitrogens with zero attached hydrogens (tertiary/aromatic N) is 2. The molecule has 0 amide bonds. The van der Waals surface area contributed by atoms with Gasteiger partial charge < -0.3 is 9.47 Å². The number of para-hydroxylation sites is 1. The third kappa shape index (κ3) is 6.55. The van der Waals surface area contributed by atoms with Crippen molar-refractivity contribution in [2.75, 3.05) is 4.90 Å². The molecule has 0 aliphatic carbocycles. The highest BCUT2D eigenvalue weighted by Gasteiger charge is 2.15. The second-order valence-corrected chi connectivity index (χ2v) is 13.9. The second-order valence-electron chi connectivity index (χ2n) is 13.9. The SMILES string of the molecule is C=C/C=C(\C=C)n1c2ccccc2c2cc(-c3ccc(-c4ccc(N(c5ccc(-c6ccccc6)cc5)c5ccc(-c6ccccc6)cc5)cc4)cc3)ccc21. The number of allylic oxidation sites excluding steroid dienone is 4. The van der Waals surface area contributed by atoms with E-state index in [-0.39, 0.29) is 0 Å². The van der Waals surface area contributed by atoms with Crippen LogP contribution in [0.4, 0.5) is 17.1 Å². The van der Waals surface area contributed by atoms with Crippen LogP contribution in [0.2, 0.25) is 0 Å². The van der Waals surface area contributed by atoms with Crippen LogP contribution in [0.15, 0.2) is 232 Å². The predicted molar refractivity (Wildman–Crippen MR) is 241 cm³/mol. The number of fused-ring (bicyclic) bond motifs is 3. The molecule has 0 bridgehead atoms. The molecule has 9 aromatic rings. The minimum Gasteiger partial charge on any atom is -0.311 e. The lowest BCUT2D eigenvalue weighted by Crippen LogP contribution is -2.09. The van der Waals surface area contributed by atoms with Gasteiger partial charge in [-0.3, -0.25) is 0 Å². The zero-order chi connectivity index (χ0) is 37.8. The van der Waals surface area contributed by atoms with Gasteiger partial charge in [-0.1, -0.05) is 165 Å². The Labute approximate surface area is 328 Å². The summed E-state index contributed by atoms with van der Waals surface area (Å²) < 4.78 is 2.26. The van der Waals surface area contributed by atoms with Gasteiger partial charge in [0.25, 0.3) is 0 Å². The van der Waals surface area contributed by atoms with Crippen LogP contribution in [-0.4, -0.2) is 4.57 Å². The maximum absolute atomic E-state index is 4.07. The molecule has 56 heavy (non-hydrogen) atoms. The van der Waals surface area contributed by atoms with E-state index < -0.39 is 0 Å². The van der Waals surface area contributed by atoms with Crippen LogP contribution in [0.25, 0.3) is 72.0 Å². The maximum Gasteiger partial charge on any atom is 0.0541 e. The first-order valence-electron chi connectivity index (χ1n) is 19.0. The summed E-state index contributed by atoms with van der Waals surface area (Å²) in [7, 11) is 0. The Balaban J connectivity index is 1.03. The molecular weight excluding hydrogens is 677 g/mol. The molecule has 0 saturated carbocycles. The van der Waals surface area contributed by atoms with Gasteiger partial charge in [-0.25, -0.2) is 0 Å². The van der Waals surface area contributed by atoms with Crippen molar-refractivity contribution >= 4 is 44.6 Å². The van der Waals surface area contributed by atoms with Gasteiger partial charge in [-0.2, -0.15) is 0 Å². The van der Waals surface area contributed by atoms with E-state index in [0.29, 0.717) is 0 Å². The molecule has 0 radical (unpaired) electrons. The van der Waals surface area contributed by atoms with E-state index in [9.17, 15) is 0 Å². The van der Waals surface area contributed by atoms with Gasteiger partial charge >= 0.3 is 0 Å². The lowest BCUT2D eigenvalue weighted by atomic mass is 9.98. The molecule has 0 aliphatic rings. The van der Waals surface area contributed by atoms with Crippen LogP contribution >= 0.6 is 0 Å². The molecule has 0 fully saturated rings. The Morgan fingerprint density at radius 2 is 0.750 bits per heavy atom. The van der Waals surface area contributed by atoms with E-state index in [1.165, 1.54) is 55.3 Å². The smallest absolute Gasteiger partial charge is 0.0541 e. The fraction of sp³-hybridized carbons (Fsp3) is 0. The second kappa shape index (κ2) is 15.1. The number of anilines is 3. The van der Waals surface area contributed by atoms with E-state index in [4.69, 9.17) is 0 Å². The molecular formula is C54H40N2. The van der Waals surface area contributed by atoms with Gasteiger partial charge in [0, 0.05) is 33.5 Å². The third-order valence-corrected chi connectivity index (χ3v) is 10.6. The minimum absolute atomic E-state index is 0.999. The molecule has 9 rings (SSSR count). The number of aromatic nitrogens is 1. The molecule has 0 N–H and O–H groups in total. The quantitative estimate of drug-likeness (QED) is 0.128. The van der Waals surface area contributed by atoms with Crippen LogP contribution in [0.3, 0.4) is 0 Å².